The van der Waals surface area contributed by atoms with Gasteiger partial charge in [0, 0.05) is 43.7 Å². The summed E-state index contributed by atoms with van der Waals surface area (Å²) in [5.74, 6) is 0.144. The van der Waals surface area contributed by atoms with Gasteiger partial charge >= 0.3 is 0 Å². The Kier molecular flexibility index (Phi) is 7.15. The van der Waals surface area contributed by atoms with Gasteiger partial charge in [-0.15, -0.1) is 0 Å². The predicted molar refractivity (Wildman–Crippen MR) is 149 cm³/mol. The number of amides is 1. The van der Waals surface area contributed by atoms with Gasteiger partial charge in [0.15, 0.2) is 0 Å². The van der Waals surface area contributed by atoms with Crippen LogP contribution in [0.2, 0.25) is 0 Å². The molecule has 0 bridgehead atoms. The minimum Gasteiger partial charge on any atom is -0.487 e. The number of nitriles is 1. The molecule has 3 aliphatic rings. The number of fused-ring (bicyclic) bond motifs is 1. The van der Waals surface area contributed by atoms with E-state index in [0.29, 0.717) is 42.9 Å². The zero-order chi connectivity index (χ0) is 27.6. The van der Waals surface area contributed by atoms with Crippen molar-refractivity contribution in [2.45, 2.75) is 32.0 Å². The lowest BCUT2D eigenvalue weighted by Crippen LogP contribution is -2.37. The molecule has 3 aliphatic heterocycles. The van der Waals surface area contributed by atoms with Crippen LogP contribution in [0.3, 0.4) is 0 Å². The molecule has 1 aromatic heterocycles. The number of aliphatic imine (C=N–C) groups is 1. The van der Waals surface area contributed by atoms with Gasteiger partial charge in [-0.3, -0.25) is 4.79 Å². The van der Waals surface area contributed by atoms with E-state index in [1.165, 1.54) is 18.9 Å². The van der Waals surface area contributed by atoms with Crippen LogP contribution in [0, 0.1) is 11.3 Å². The van der Waals surface area contributed by atoms with E-state index in [0.717, 1.165) is 54.5 Å². The van der Waals surface area contributed by atoms with E-state index < -0.39 is 6.10 Å². The van der Waals surface area contributed by atoms with Crippen molar-refractivity contribution >= 4 is 23.0 Å². The number of carbonyl (C=O) groups excluding carboxylic acids is 1. The summed E-state index contributed by atoms with van der Waals surface area (Å²) in [6, 6.07) is 16.1. The number of aliphatic hydroxyl groups excluding tert-OH is 1. The Bertz CT molecular complexity index is 1490. The van der Waals surface area contributed by atoms with Gasteiger partial charge in [0.25, 0.3) is 5.91 Å². The number of aromatic nitrogens is 2. The van der Waals surface area contributed by atoms with E-state index in [2.05, 4.69) is 45.2 Å². The van der Waals surface area contributed by atoms with Crippen LogP contribution in [0.15, 0.2) is 53.8 Å². The van der Waals surface area contributed by atoms with Gasteiger partial charge in [-0.25, -0.2) is 15.0 Å². The second-order valence-corrected chi connectivity index (χ2v) is 10.2. The van der Waals surface area contributed by atoms with Crippen molar-refractivity contribution in [3.63, 3.8) is 0 Å². The molecule has 10 nitrogen and oxygen atoms in total. The van der Waals surface area contributed by atoms with Gasteiger partial charge in [-0.1, -0.05) is 12.1 Å². The normalized spacial score (nSPS) is 19.1. The molecule has 2 saturated heterocycles. The third-order valence-corrected chi connectivity index (χ3v) is 7.54. The van der Waals surface area contributed by atoms with Gasteiger partial charge in [0.05, 0.1) is 42.4 Å². The van der Waals surface area contributed by atoms with Gasteiger partial charge in [0.1, 0.15) is 36.0 Å². The van der Waals surface area contributed by atoms with E-state index in [1.54, 1.807) is 17.0 Å². The van der Waals surface area contributed by atoms with Crippen molar-refractivity contribution in [2.75, 3.05) is 44.3 Å². The Labute approximate surface area is 232 Å². The molecule has 6 rings (SSSR count). The molecular weight excluding hydrogens is 508 g/mol. The minimum absolute atomic E-state index is 0.245. The van der Waals surface area contributed by atoms with Crippen LogP contribution in [0.1, 0.15) is 30.2 Å². The molecule has 4 heterocycles. The fraction of sp³-hybridized carbons (Fsp3) is 0.367. The Morgan fingerprint density at radius 3 is 2.65 bits per heavy atom. The second kappa shape index (κ2) is 11.0. The van der Waals surface area contributed by atoms with E-state index in [-0.39, 0.29) is 12.0 Å². The first kappa shape index (κ1) is 25.9. The van der Waals surface area contributed by atoms with Gasteiger partial charge in [0.2, 0.25) is 0 Å². The molecule has 204 valence electrons. The molecule has 2 aromatic carbocycles. The smallest absolute Gasteiger partial charge is 0.251 e. The summed E-state index contributed by atoms with van der Waals surface area (Å²) in [6.45, 7) is 5.62. The van der Waals surface area contributed by atoms with E-state index in [1.807, 2.05) is 6.07 Å². The summed E-state index contributed by atoms with van der Waals surface area (Å²) in [6.07, 6.45) is 1.50. The molecule has 2 fully saturated rings. The van der Waals surface area contributed by atoms with Crippen LogP contribution in [-0.2, 0) is 16.0 Å². The van der Waals surface area contributed by atoms with Crippen molar-refractivity contribution in [3.8, 4) is 23.1 Å². The fourth-order valence-corrected chi connectivity index (χ4v) is 5.40. The van der Waals surface area contributed by atoms with Crippen LogP contribution in [-0.4, -0.2) is 83.2 Å². The Balaban J connectivity index is 1.21. The zero-order valence-electron chi connectivity index (χ0n) is 22.3. The van der Waals surface area contributed by atoms with Crippen molar-refractivity contribution < 1.29 is 19.4 Å². The van der Waals surface area contributed by atoms with E-state index in [4.69, 9.17) is 14.5 Å². The van der Waals surface area contributed by atoms with Crippen molar-refractivity contribution in [2.24, 2.45) is 4.99 Å². The van der Waals surface area contributed by atoms with E-state index >= 15 is 0 Å². The number of morpholine rings is 1. The summed E-state index contributed by atoms with van der Waals surface area (Å²) in [7, 11) is 0. The number of hydrogen-bond acceptors (Lipinski definition) is 9. The largest absolute Gasteiger partial charge is 0.487 e. The molecule has 2 atom stereocenters. The quantitative estimate of drug-likeness (QED) is 0.508. The maximum absolute atomic E-state index is 12.1. The summed E-state index contributed by atoms with van der Waals surface area (Å²) >= 11 is 0. The number of rotatable bonds is 6. The number of aliphatic hydroxyl groups is 1. The molecule has 0 saturated carbocycles. The molecule has 40 heavy (non-hydrogen) atoms. The molecule has 0 aliphatic carbocycles. The van der Waals surface area contributed by atoms with Gasteiger partial charge < -0.3 is 24.4 Å². The van der Waals surface area contributed by atoms with Crippen LogP contribution < -0.4 is 9.64 Å². The summed E-state index contributed by atoms with van der Waals surface area (Å²) < 4.78 is 11.6. The lowest BCUT2D eigenvalue weighted by Gasteiger charge is -2.28. The number of carbonyl (C=O) groups is 1. The topological polar surface area (TPSA) is 124 Å². The van der Waals surface area contributed by atoms with Crippen LogP contribution in [0.25, 0.3) is 11.3 Å². The average Bonchev–Trinajstić information content (AvgIpc) is 3.65. The maximum atomic E-state index is 12.1. The number of likely N-dealkylation sites (tertiary alicyclic amines) is 1. The first-order valence-corrected chi connectivity index (χ1v) is 13.5. The number of hydrogen-bond donors (Lipinski definition) is 1. The first-order chi connectivity index (χ1) is 19.5. The van der Waals surface area contributed by atoms with Crippen LogP contribution >= 0.6 is 0 Å². The standard InChI is InChI=1S/C30H30N6O4/c1-19(37)30(38)36-9-8-24(17-36)40-27-7-4-21(14-22(27)16-31)28-29-26(32-18-33-28)15-25(34-29)20-2-5-23(6-3-20)35-10-12-39-13-11-35/h2-7,14,18-19,24,37H,8-13,15,17H2,1H3/t19-,24+/m0/s1. The van der Waals surface area contributed by atoms with Crippen LogP contribution in [0.5, 0.6) is 5.75 Å². The summed E-state index contributed by atoms with van der Waals surface area (Å²) in [4.78, 5) is 29.9. The lowest BCUT2D eigenvalue weighted by atomic mass is 10.0. The molecule has 1 N–H and O–H groups in total. The number of anilines is 1. The molecule has 0 radical (unpaired) electrons. The maximum Gasteiger partial charge on any atom is 0.251 e. The summed E-state index contributed by atoms with van der Waals surface area (Å²) in [5, 5.41) is 19.5. The van der Waals surface area contributed by atoms with Gasteiger partial charge in [-0.2, -0.15) is 5.26 Å². The molecule has 0 unspecified atom stereocenters. The average molecular weight is 539 g/mol. The monoisotopic (exact) mass is 538 g/mol. The number of ether oxygens (including phenoxy) is 2. The van der Waals surface area contributed by atoms with Gasteiger partial charge in [-0.05, 0) is 42.8 Å². The van der Waals surface area contributed by atoms with Crippen molar-refractivity contribution in [1.82, 2.24) is 14.9 Å². The van der Waals surface area contributed by atoms with Crippen molar-refractivity contribution in [1.29, 1.82) is 5.26 Å². The number of nitrogens with zero attached hydrogens (tertiary/aromatic N) is 6. The SMILES string of the molecule is C[C@H](O)C(=O)N1CC[C@@H](Oc2ccc(-c3ncnc4c3N=C(c3ccc(N5CCOCC5)cc3)C4)cc2C#N)C1. The first-order valence-electron chi connectivity index (χ1n) is 13.5. The highest BCUT2D eigenvalue weighted by Gasteiger charge is 2.30. The minimum atomic E-state index is -1.04. The molecular formula is C30H30N6O4. The Morgan fingerprint density at radius 2 is 1.90 bits per heavy atom. The highest BCUT2D eigenvalue weighted by molar-refractivity contribution is 6.07. The van der Waals surface area contributed by atoms with Crippen molar-refractivity contribution in [3.05, 3.63) is 65.6 Å². The highest BCUT2D eigenvalue weighted by atomic mass is 16.5. The Morgan fingerprint density at radius 1 is 1.12 bits per heavy atom. The molecule has 3 aromatic rings. The predicted octanol–water partition coefficient (Wildman–Crippen LogP) is 2.89. The lowest BCUT2D eigenvalue weighted by molar-refractivity contribution is -0.138. The third kappa shape index (κ3) is 5.13. The van der Waals surface area contributed by atoms with Crippen LogP contribution in [0.4, 0.5) is 11.4 Å². The molecule has 10 heteroatoms. The zero-order valence-corrected chi connectivity index (χ0v) is 22.3. The fourth-order valence-electron chi connectivity index (χ4n) is 5.40. The number of benzene rings is 2. The summed E-state index contributed by atoms with van der Waals surface area (Å²) in [5.41, 5.74) is 6.53. The highest BCUT2D eigenvalue weighted by Crippen LogP contribution is 2.37. The van der Waals surface area contributed by atoms with E-state index in [9.17, 15) is 15.2 Å². The molecule has 0 spiro atoms. The molecule has 1 amide bonds. The second-order valence-electron chi connectivity index (χ2n) is 10.2. The third-order valence-electron chi connectivity index (χ3n) is 7.54. The Hall–Kier alpha value is -4.33.